The third-order valence-electron chi connectivity index (χ3n) is 8.05. The van der Waals surface area contributed by atoms with Crippen molar-refractivity contribution >= 4 is 78.3 Å². The van der Waals surface area contributed by atoms with E-state index < -0.39 is 5.97 Å². The fourth-order valence-electron chi connectivity index (χ4n) is 5.60. The Morgan fingerprint density at radius 1 is 0.750 bits per heavy atom. The van der Waals surface area contributed by atoms with Gasteiger partial charge in [0.05, 0.1) is 32.7 Å². The van der Waals surface area contributed by atoms with E-state index in [0.29, 0.717) is 22.6 Å². The van der Waals surface area contributed by atoms with E-state index in [2.05, 4.69) is 20.9 Å². The van der Waals surface area contributed by atoms with Crippen LogP contribution in [0.3, 0.4) is 0 Å². The fraction of sp³-hybridized carbons (Fsp3) is 0.0789. The minimum atomic E-state index is -0.480. The number of thiazole rings is 1. The molecule has 0 aliphatic rings. The maximum absolute atomic E-state index is 13.8. The average Bonchev–Trinajstić information content (AvgIpc) is 3.68. The zero-order valence-electron chi connectivity index (χ0n) is 26.2. The molecule has 0 aliphatic heterocycles. The van der Waals surface area contributed by atoms with Crippen molar-refractivity contribution in [2.24, 2.45) is 10.3 Å². The summed E-state index contributed by atoms with van der Waals surface area (Å²) in [7, 11) is 0. The number of aromatic nitrogens is 2. The van der Waals surface area contributed by atoms with Crippen molar-refractivity contribution in [3.63, 3.8) is 0 Å². The second kappa shape index (κ2) is 12.9. The first-order valence-electron chi connectivity index (χ1n) is 15.1. The van der Waals surface area contributed by atoms with E-state index in [1.165, 1.54) is 6.92 Å². The van der Waals surface area contributed by atoms with Crippen molar-refractivity contribution < 1.29 is 19.6 Å². The molecule has 0 fully saturated rings. The first-order chi connectivity index (χ1) is 23.3. The number of ketones is 1. The number of carbonyl (C=O) groups is 2. The molecule has 0 amide bonds. The summed E-state index contributed by atoms with van der Waals surface area (Å²) in [5.74, 6) is -0.558. The van der Waals surface area contributed by atoms with Gasteiger partial charge in [0.1, 0.15) is 0 Å². The van der Waals surface area contributed by atoms with Gasteiger partial charge in [0, 0.05) is 39.4 Å². The van der Waals surface area contributed by atoms with Crippen molar-refractivity contribution in [1.29, 1.82) is 0 Å². The van der Waals surface area contributed by atoms with E-state index in [0.717, 1.165) is 58.1 Å². The van der Waals surface area contributed by atoms with E-state index in [4.69, 9.17) is 9.82 Å². The van der Waals surface area contributed by atoms with Crippen LogP contribution in [0, 0.1) is 0 Å². The van der Waals surface area contributed by atoms with E-state index >= 15 is 0 Å². The lowest BCUT2D eigenvalue weighted by atomic mass is 10.0. The van der Waals surface area contributed by atoms with Gasteiger partial charge in [-0.25, -0.2) is 9.78 Å². The predicted octanol–water partition coefficient (Wildman–Crippen LogP) is 9.26. The Morgan fingerprint density at radius 2 is 1.38 bits per heavy atom. The van der Waals surface area contributed by atoms with Crippen LogP contribution >= 0.6 is 23.1 Å². The van der Waals surface area contributed by atoms with Gasteiger partial charge in [0.2, 0.25) is 0 Å². The summed E-state index contributed by atoms with van der Waals surface area (Å²) in [6, 6.07) is 35.1. The highest BCUT2D eigenvalue weighted by Crippen LogP contribution is 2.36. The molecule has 5 aromatic carbocycles. The maximum Gasteiger partial charge on any atom is 0.331 e. The zero-order chi connectivity index (χ0) is 33.4. The molecule has 0 aliphatic carbocycles. The minimum Gasteiger partial charge on any atom is -0.411 e. The smallest absolute Gasteiger partial charge is 0.331 e. The average molecular weight is 669 g/mol. The van der Waals surface area contributed by atoms with Crippen molar-refractivity contribution in [3.8, 4) is 5.69 Å². The summed E-state index contributed by atoms with van der Waals surface area (Å²) in [6.45, 7) is 4.83. The van der Waals surface area contributed by atoms with Crippen LogP contribution in [-0.2, 0) is 9.63 Å². The number of hydrogen-bond donors (Lipinski definition) is 1. The van der Waals surface area contributed by atoms with Gasteiger partial charge in [0.25, 0.3) is 0 Å². The summed E-state index contributed by atoms with van der Waals surface area (Å²) in [4.78, 5) is 35.5. The lowest BCUT2D eigenvalue weighted by Gasteiger charge is -2.10. The number of carbonyl (C=O) groups excluding carboxylic acids is 2. The number of hydrogen-bond acceptors (Lipinski definition) is 9. The Balaban J connectivity index is 1.24. The fourth-order valence-corrected chi connectivity index (χ4v) is 7.64. The largest absolute Gasteiger partial charge is 0.411 e. The Morgan fingerprint density at radius 3 is 2.04 bits per heavy atom. The van der Waals surface area contributed by atoms with Crippen LogP contribution in [0.1, 0.15) is 47.8 Å². The molecule has 0 saturated carbocycles. The predicted molar refractivity (Wildman–Crippen MR) is 192 cm³/mol. The van der Waals surface area contributed by atoms with E-state index in [1.807, 2.05) is 103 Å². The van der Waals surface area contributed by atoms with Crippen LogP contribution < -0.4 is 0 Å². The lowest BCUT2D eigenvalue weighted by molar-refractivity contribution is -0.140. The number of nitrogens with zero attached hydrogens (tertiary/aromatic N) is 4. The quantitative estimate of drug-likeness (QED) is 0.0569. The molecule has 48 heavy (non-hydrogen) atoms. The van der Waals surface area contributed by atoms with E-state index in [-0.39, 0.29) is 5.78 Å². The van der Waals surface area contributed by atoms with Gasteiger partial charge in [-0.1, -0.05) is 52.4 Å². The second-order valence-corrected chi connectivity index (χ2v) is 13.5. The van der Waals surface area contributed by atoms with E-state index in [1.54, 1.807) is 36.9 Å². The van der Waals surface area contributed by atoms with Crippen molar-refractivity contribution in [3.05, 3.63) is 131 Å². The summed E-state index contributed by atoms with van der Waals surface area (Å²) >= 11 is 3.24. The van der Waals surface area contributed by atoms with Crippen LogP contribution in [-0.4, -0.2) is 37.9 Å². The van der Waals surface area contributed by atoms with Gasteiger partial charge in [-0.05, 0) is 104 Å². The molecule has 0 atom stereocenters. The highest BCUT2D eigenvalue weighted by Gasteiger charge is 2.18. The summed E-state index contributed by atoms with van der Waals surface area (Å²) in [6.07, 6.45) is 0. The molecule has 10 heteroatoms. The zero-order valence-corrected chi connectivity index (χ0v) is 27.8. The molecule has 7 rings (SSSR count). The minimum absolute atomic E-state index is 0.0783. The molecular weight excluding hydrogens is 641 g/mol. The van der Waals surface area contributed by atoms with Crippen LogP contribution in [0.4, 0.5) is 0 Å². The molecule has 2 aromatic heterocycles. The summed E-state index contributed by atoms with van der Waals surface area (Å²) in [5, 5.41) is 18.6. The molecule has 0 bridgehead atoms. The number of para-hydroxylation sites is 1. The molecule has 0 saturated heterocycles. The van der Waals surface area contributed by atoms with Crippen LogP contribution in [0.25, 0.3) is 37.7 Å². The standard InChI is InChI=1S/C38H28N4O4S2/c1-22(40-45)27-12-18-34-31(20-27)32-21-28(13-19-35(32)42(34)29-14-8-25(9-15-29)23(2)41-46-24(3)43)37(44)26-10-16-30(17-11-26)47-38-39-33-6-4-5-7-36(33)48-38/h4-21,45H,1-3H3/b40-22+,41-23-. The van der Waals surface area contributed by atoms with Crippen molar-refractivity contribution in [2.75, 3.05) is 0 Å². The lowest BCUT2D eigenvalue weighted by Crippen LogP contribution is -2.02. The number of oxime groups is 2. The Hall–Kier alpha value is -5.58. The molecular formula is C38H28N4O4S2. The molecule has 236 valence electrons. The summed E-state index contributed by atoms with van der Waals surface area (Å²) in [5.41, 5.74) is 7.54. The van der Waals surface area contributed by atoms with Crippen LogP contribution in [0.2, 0.25) is 0 Å². The highest BCUT2D eigenvalue weighted by molar-refractivity contribution is 8.01. The molecule has 0 spiro atoms. The second-order valence-electron chi connectivity index (χ2n) is 11.2. The third-order valence-corrected chi connectivity index (χ3v) is 10.2. The molecule has 0 radical (unpaired) electrons. The van der Waals surface area contributed by atoms with Gasteiger partial charge in [-0.2, -0.15) is 0 Å². The Labute approximate surface area is 284 Å². The first kappa shape index (κ1) is 31.0. The molecule has 1 N–H and O–H groups in total. The van der Waals surface area contributed by atoms with Gasteiger partial charge in [0.15, 0.2) is 10.1 Å². The van der Waals surface area contributed by atoms with Gasteiger partial charge < -0.3 is 14.6 Å². The first-order valence-corrected chi connectivity index (χ1v) is 16.7. The van der Waals surface area contributed by atoms with Gasteiger partial charge >= 0.3 is 5.97 Å². The molecule has 0 unspecified atom stereocenters. The highest BCUT2D eigenvalue weighted by atomic mass is 32.2. The normalized spacial score (nSPS) is 12.2. The van der Waals surface area contributed by atoms with Crippen molar-refractivity contribution in [1.82, 2.24) is 9.55 Å². The molecule has 2 heterocycles. The number of fused-ring (bicyclic) bond motifs is 4. The van der Waals surface area contributed by atoms with Crippen LogP contribution in [0.15, 0.2) is 129 Å². The monoisotopic (exact) mass is 668 g/mol. The van der Waals surface area contributed by atoms with Gasteiger partial charge in [-0.15, -0.1) is 11.3 Å². The summed E-state index contributed by atoms with van der Waals surface area (Å²) < 4.78 is 4.23. The number of rotatable bonds is 8. The Bertz CT molecular complexity index is 2390. The molecule has 8 nitrogen and oxygen atoms in total. The van der Waals surface area contributed by atoms with Crippen LogP contribution in [0.5, 0.6) is 0 Å². The van der Waals surface area contributed by atoms with Gasteiger partial charge in [-0.3, -0.25) is 4.79 Å². The maximum atomic E-state index is 13.8. The third kappa shape index (κ3) is 5.99. The Kier molecular flexibility index (Phi) is 8.34. The topological polar surface area (TPSA) is 106 Å². The van der Waals surface area contributed by atoms with Crippen molar-refractivity contribution in [2.45, 2.75) is 30.0 Å². The number of benzene rings is 5. The van der Waals surface area contributed by atoms with E-state index in [9.17, 15) is 14.8 Å². The SMILES string of the molecule is CC(=O)O/N=C(/C)c1ccc(-n2c3ccc(C(=O)c4ccc(Sc5nc6ccccc6s5)cc4)cc3c3cc(/C(C)=N/O)ccc32)cc1. The molecule has 7 aromatic rings.